The third kappa shape index (κ3) is 1.50. The molecule has 15 heavy (non-hydrogen) atoms. The zero-order chi connectivity index (χ0) is 11.0. The second kappa shape index (κ2) is 3.23. The van der Waals surface area contributed by atoms with Crippen LogP contribution in [0.4, 0.5) is 0 Å². The van der Waals surface area contributed by atoms with Crippen molar-refractivity contribution in [3.05, 3.63) is 23.7 Å². The number of ether oxygens (including phenoxy) is 1. The molecule has 2 rings (SSSR count). The molecule has 0 spiro atoms. The lowest BCUT2D eigenvalue weighted by Crippen LogP contribution is -2.02. The minimum absolute atomic E-state index is 0.0809. The van der Waals surface area contributed by atoms with Gasteiger partial charge in [0.2, 0.25) is 0 Å². The average molecular weight is 207 g/mol. The van der Waals surface area contributed by atoms with E-state index in [2.05, 4.69) is 10.1 Å². The molecule has 2 aromatic rings. The summed E-state index contributed by atoms with van der Waals surface area (Å²) in [5.74, 6) is -0.200. The Balaban J connectivity index is 2.73. The van der Waals surface area contributed by atoms with Gasteiger partial charge >= 0.3 is 5.97 Å². The SMILES string of the molecule is COc1cn2nc(C)nc2cc1C(=O)O. The maximum absolute atomic E-state index is 10.9. The summed E-state index contributed by atoms with van der Waals surface area (Å²) in [6.07, 6.45) is 1.50. The van der Waals surface area contributed by atoms with Gasteiger partial charge in [0.15, 0.2) is 11.4 Å². The molecule has 0 fully saturated rings. The lowest BCUT2D eigenvalue weighted by atomic mass is 10.2. The number of aromatic nitrogens is 3. The van der Waals surface area contributed by atoms with Gasteiger partial charge in [0.05, 0.1) is 13.3 Å². The minimum atomic E-state index is -1.05. The van der Waals surface area contributed by atoms with Gasteiger partial charge in [-0.3, -0.25) is 0 Å². The van der Waals surface area contributed by atoms with Gasteiger partial charge in [0.25, 0.3) is 0 Å². The van der Waals surface area contributed by atoms with Gasteiger partial charge in [0, 0.05) is 6.07 Å². The summed E-state index contributed by atoms with van der Waals surface area (Å²) in [7, 11) is 1.41. The van der Waals surface area contributed by atoms with Crippen LogP contribution in [0, 0.1) is 6.92 Å². The molecule has 0 amide bonds. The van der Waals surface area contributed by atoms with E-state index in [1.807, 2.05) is 0 Å². The Labute approximate surface area is 85.1 Å². The van der Waals surface area contributed by atoms with Crippen LogP contribution in [0.1, 0.15) is 16.2 Å². The number of carboxylic acids is 1. The molecular formula is C9H9N3O3. The van der Waals surface area contributed by atoms with Crippen molar-refractivity contribution in [1.82, 2.24) is 14.6 Å². The summed E-state index contributed by atoms with van der Waals surface area (Å²) < 4.78 is 6.44. The topological polar surface area (TPSA) is 76.7 Å². The second-order valence-electron chi connectivity index (χ2n) is 3.02. The number of rotatable bonds is 2. The number of aromatic carboxylic acids is 1. The number of hydrogen-bond donors (Lipinski definition) is 1. The number of carboxylic acid groups (broad SMARTS) is 1. The Hall–Kier alpha value is -2.11. The van der Waals surface area contributed by atoms with E-state index in [4.69, 9.17) is 9.84 Å². The molecule has 0 aliphatic carbocycles. The molecule has 6 heteroatoms. The summed E-state index contributed by atoms with van der Waals surface area (Å²) in [4.78, 5) is 15.0. The summed E-state index contributed by atoms with van der Waals surface area (Å²) >= 11 is 0. The van der Waals surface area contributed by atoms with Crippen LogP contribution in [-0.2, 0) is 0 Å². The maximum Gasteiger partial charge on any atom is 0.339 e. The van der Waals surface area contributed by atoms with Crippen LogP contribution < -0.4 is 4.74 Å². The van der Waals surface area contributed by atoms with Gasteiger partial charge in [-0.05, 0) is 6.92 Å². The van der Waals surface area contributed by atoms with E-state index in [9.17, 15) is 4.79 Å². The predicted octanol–water partition coefficient (Wildman–Crippen LogP) is 0.745. The lowest BCUT2D eigenvalue weighted by Gasteiger charge is -2.04. The molecule has 6 nitrogen and oxygen atoms in total. The van der Waals surface area contributed by atoms with Crippen molar-refractivity contribution in [1.29, 1.82) is 0 Å². The Bertz CT molecular complexity index is 533. The quantitative estimate of drug-likeness (QED) is 0.786. The Kier molecular flexibility index (Phi) is 2.03. The highest BCUT2D eigenvalue weighted by atomic mass is 16.5. The van der Waals surface area contributed by atoms with E-state index in [1.54, 1.807) is 6.92 Å². The first kappa shape index (κ1) is 9.45. The van der Waals surface area contributed by atoms with Gasteiger partial charge < -0.3 is 9.84 Å². The zero-order valence-electron chi connectivity index (χ0n) is 8.26. The van der Waals surface area contributed by atoms with Gasteiger partial charge in [-0.15, -0.1) is 0 Å². The van der Waals surface area contributed by atoms with Gasteiger partial charge in [-0.25, -0.2) is 14.3 Å². The largest absolute Gasteiger partial charge is 0.494 e. The highest BCUT2D eigenvalue weighted by Crippen LogP contribution is 2.19. The number of hydrogen-bond acceptors (Lipinski definition) is 4. The first-order valence-corrected chi connectivity index (χ1v) is 4.26. The van der Waals surface area contributed by atoms with Crippen LogP contribution in [-0.4, -0.2) is 32.8 Å². The molecular weight excluding hydrogens is 198 g/mol. The van der Waals surface area contributed by atoms with E-state index in [-0.39, 0.29) is 11.3 Å². The number of methoxy groups -OCH3 is 1. The Morgan fingerprint density at radius 1 is 1.60 bits per heavy atom. The molecule has 0 unspecified atom stereocenters. The van der Waals surface area contributed by atoms with Crippen LogP contribution in [0.2, 0.25) is 0 Å². The maximum atomic E-state index is 10.9. The zero-order valence-corrected chi connectivity index (χ0v) is 8.26. The monoisotopic (exact) mass is 207 g/mol. The normalized spacial score (nSPS) is 10.5. The van der Waals surface area contributed by atoms with Gasteiger partial charge in [-0.1, -0.05) is 0 Å². The first-order chi connectivity index (χ1) is 7.11. The Morgan fingerprint density at radius 2 is 2.33 bits per heavy atom. The van der Waals surface area contributed by atoms with Crippen molar-refractivity contribution in [2.75, 3.05) is 7.11 Å². The van der Waals surface area contributed by atoms with Crippen LogP contribution in [0.25, 0.3) is 5.65 Å². The second-order valence-corrected chi connectivity index (χ2v) is 3.02. The fourth-order valence-electron chi connectivity index (χ4n) is 1.35. The molecule has 0 aliphatic heterocycles. The van der Waals surface area contributed by atoms with Crippen LogP contribution in [0.3, 0.4) is 0 Å². The summed E-state index contributed by atoms with van der Waals surface area (Å²) in [5.41, 5.74) is 0.572. The van der Waals surface area contributed by atoms with E-state index >= 15 is 0 Å². The molecule has 0 radical (unpaired) electrons. The number of pyridine rings is 1. The van der Waals surface area contributed by atoms with E-state index in [1.165, 1.54) is 23.9 Å². The number of carbonyl (C=O) groups is 1. The molecule has 1 N–H and O–H groups in total. The van der Waals surface area contributed by atoms with Crippen molar-refractivity contribution in [2.24, 2.45) is 0 Å². The smallest absolute Gasteiger partial charge is 0.339 e. The minimum Gasteiger partial charge on any atom is -0.494 e. The number of fused-ring (bicyclic) bond motifs is 1. The first-order valence-electron chi connectivity index (χ1n) is 4.26. The molecule has 2 aromatic heterocycles. The molecule has 0 atom stereocenters. The molecule has 0 bridgehead atoms. The third-order valence-electron chi connectivity index (χ3n) is 1.99. The summed E-state index contributed by atoms with van der Waals surface area (Å²) in [6.45, 7) is 1.74. The molecule has 0 saturated carbocycles. The van der Waals surface area contributed by atoms with Crippen LogP contribution in [0.15, 0.2) is 12.3 Å². The third-order valence-corrected chi connectivity index (χ3v) is 1.99. The number of nitrogens with zero attached hydrogens (tertiary/aromatic N) is 3. The van der Waals surface area contributed by atoms with Crippen molar-refractivity contribution < 1.29 is 14.6 Å². The van der Waals surface area contributed by atoms with E-state index in [0.717, 1.165) is 0 Å². The van der Waals surface area contributed by atoms with Crippen LogP contribution >= 0.6 is 0 Å². The van der Waals surface area contributed by atoms with E-state index < -0.39 is 5.97 Å². The van der Waals surface area contributed by atoms with Gasteiger partial charge in [-0.2, -0.15) is 5.10 Å². The highest BCUT2D eigenvalue weighted by molar-refractivity contribution is 5.91. The molecule has 78 valence electrons. The molecule has 2 heterocycles. The molecule has 0 aromatic carbocycles. The average Bonchev–Trinajstić information content (AvgIpc) is 2.54. The van der Waals surface area contributed by atoms with Crippen molar-refractivity contribution in [2.45, 2.75) is 6.92 Å². The highest BCUT2D eigenvalue weighted by Gasteiger charge is 2.13. The summed E-state index contributed by atoms with van der Waals surface area (Å²) in [5, 5.41) is 13.0. The van der Waals surface area contributed by atoms with E-state index in [0.29, 0.717) is 11.5 Å². The van der Waals surface area contributed by atoms with Crippen molar-refractivity contribution in [3.8, 4) is 5.75 Å². The van der Waals surface area contributed by atoms with Crippen LogP contribution in [0.5, 0.6) is 5.75 Å². The fraction of sp³-hybridized carbons (Fsp3) is 0.222. The van der Waals surface area contributed by atoms with Crippen molar-refractivity contribution in [3.63, 3.8) is 0 Å². The summed E-state index contributed by atoms with van der Waals surface area (Å²) in [6, 6.07) is 1.43. The van der Waals surface area contributed by atoms with Crippen molar-refractivity contribution >= 4 is 11.6 Å². The number of aryl methyl sites for hydroxylation is 1. The molecule has 0 saturated heterocycles. The standard InChI is InChI=1S/C9H9N3O3/c1-5-10-8-3-6(9(13)14)7(15-2)4-12(8)11-5/h3-4H,1-2H3,(H,13,14). The fourth-order valence-corrected chi connectivity index (χ4v) is 1.35. The Morgan fingerprint density at radius 3 is 2.93 bits per heavy atom. The predicted molar refractivity (Wildman–Crippen MR) is 51.2 cm³/mol. The lowest BCUT2D eigenvalue weighted by molar-refractivity contribution is 0.0693. The molecule has 0 aliphatic rings. The van der Waals surface area contributed by atoms with Gasteiger partial charge in [0.1, 0.15) is 11.4 Å².